The molecule has 3 N–H and O–H groups in total. The zero-order valence-corrected chi connectivity index (χ0v) is 17.8. The predicted octanol–water partition coefficient (Wildman–Crippen LogP) is 2.43. The summed E-state index contributed by atoms with van der Waals surface area (Å²) in [7, 11) is 1.62. The van der Waals surface area contributed by atoms with Crippen LogP contribution in [0.5, 0.6) is 11.6 Å². The average molecular weight is 437 g/mol. The first kappa shape index (κ1) is 19.4. The van der Waals surface area contributed by atoms with Crippen LogP contribution in [-0.2, 0) is 6.54 Å². The fourth-order valence-electron chi connectivity index (χ4n) is 3.94. The maximum Gasteiger partial charge on any atom is 0.239 e. The first-order valence-electron chi connectivity index (χ1n) is 9.79. The third kappa shape index (κ3) is 3.59. The van der Waals surface area contributed by atoms with E-state index in [9.17, 15) is 5.26 Å². The summed E-state index contributed by atoms with van der Waals surface area (Å²) in [4.78, 5) is 12.9. The van der Waals surface area contributed by atoms with E-state index in [4.69, 9.17) is 15.2 Å². The van der Waals surface area contributed by atoms with E-state index in [0.717, 1.165) is 34.3 Å². The van der Waals surface area contributed by atoms with Gasteiger partial charge in [0.05, 0.1) is 19.9 Å². The van der Waals surface area contributed by atoms with E-state index in [1.807, 2.05) is 19.1 Å². The number of methoxy groups -OCH3 is 1. The molecule has 2 aliphatic carbocycles. The van der Waals surface area contributed by atoms with Gasteiger partial charge in [-0.1, -0.05) is 11.3 Å². The second kappa shape index (κ2) is 7.31. The Hall–Kier alpha value is -3.52. The number of nitrogens with one attached hydrogen (secondary N) is 1. The normalized spacial score (nSPS) is 23.3. The quantitative estimate of drug-likeness (QED) is 0.566. The van der Waals surface area contributed by atoms with Crippen LogP contribution in [0.2, 0.25) is 0 Å². The molecule has 31 heavy (non-hydrogen) atoms. The number of nitriles is 1. The number of nitrogens with zero attached hydrogens (tertiary/aromatic N) is 6. The Balaban J connectivity index is 1.30. The number of nitrogens with two attached hydrogens (primary N) is 1. The van der Waals surface area contributed by atoms with Gasteiger partial charge in [-0.25, -0.2) is 0 Å². The Morgan fingerprint density at radius 3 is 2.87 bits per heavy atom. The molecule has 3 aromatic rings. The highest BCUT2D eigenvalue weighted by Gasteiger charge is 2.73. The van der Waals surface area contributed by atoms with E-state index in [0.29, 0.717) is 18.3 Å². The van der Waals surface area contributed by atoms with Crippen LogP contribution in [0.4, 0.5) is 11.8 Å². The number of pyridine rings is 1. The van der Waals surface area contributed by atoms with Crippen molar-refractivity contribution >= 4 is 23.1 Å². The smallest absolute Gasteiger partial charge is 0.239 e. The minimum Gasteiger partial charge on any atom is -0.495 e. The number of hydrogen-bond donors (Lipinski definition) is 2. The Morgan fingerprint density at radius 1 is 1.32 bits per heavy atom. The fourth-order valence-corrected chi connectivity index (χ4v) is 4.59. The van der Waals surface area contributed by atoms with E-state index in [1.165, 1.54) is 11.3 Å². The monoisotopic (exact) mass is 436 g/mol. The molecule has 1 spiro atoms. The van der Waals surface area contributed by atoms with Gasteiger partial charge >= 0.3 is 0 Å². The van der Waals surface area contributed by atoms with Crippen molar-refractivity contribution in [2.75, 3.05) is 18.2 Å². The summed E-state index contributed by atoms with van der Waals surface area (Å²) in [5, 5.41) is 22.5. The molecule has 0 amide bonds. The summed E-state index contributed by atoms with van der Waals surface area (Å²) in [6.45, 7) is 2.27. The van der Waals surface area contributed by atoms with Gasteiger partial charge in [-0.05, 0) is 31.9 Å². The first-order valence-corrected chi connectivity index (χ1v) is 10.6. The van der Waals surface area contributed by atoms with Crippen molar-refractivity contribution in [2.45, 2.75) is 38.3 Å². The van der Waals surface area contributed by atoms with E-state index < -0.39 is 0 Å². The van der Waals surface area contributed by atoms with Crippen LogP contribution in [0.3, 0.4) is 0 Å². The molecule has 11 heteroatoms. The Bertz CT molecular complexity index is 1170. The molecular formula is C20H20N8O2S. The van der Waals surface area contributed by atoms with E-state index >= 15 is 0 Å². The zero-order chi connectivity index (χ0) is 21.6. The minimum absolute atomic E-state index is 0.0264. The average Bonchev–Trinajstić information content (AvgIpc) is 3.62. The fraction of sp³-hybridized carbons (Fsp3) is 0.400. The van der Waals surface area contributed by atoms with Gasteiger partial charge in [0.2, 0.25) is 11.8 Å². The number of aromatic nitrogens is 5. The van der Waals surface area contributed by atoms with Crippen molar-refractivity contribution in [2.24, 2.45) is 5.41 Å². The van der Waals surface area contributed by atoms with Crippen molar-refractivity contribution in [3.8, 4) is 17.7 Å². The second-order valence-electron chi connectivity index (χ2n) is 7.71. The predicted molar refractivity (Wildman–Crippen MR) is 113 cm³/mol. The van der Waals surface area contributed by atoms with Crippen LogP contribution < -0.4 is 20.5 Å². The summed E-state index contributed by atoms with van der Waals surface area (Å²) in [6, 6.07) is 6.06. The number of rotatable bonds is 7. The molecule has 0 aliphatic heterocycles. The molecule has 3 atom stereocenters. The van der Waals surface area contributed by atoms with Crippen molar-refractivity contribution in [3.05, 3.63) is 39.6 Å². The molecule has 0 radical (unpaired) electrons. The maximum atomic E-state index is 9.71. The van der Waals surface area contributed by atoms with Gasteiger partial charge in [0.25, 0.3) is 0 Å². The topological polar surface area (TPSA) is 145 Å². The summed E-state index contributed by atoms with van der Waals surface area (Å²) >= 11 is 1.47. The Kier molecular flexibility index (Phi) is 4.59. The summed E-state index contributed by atoms with van der Waals surface area (Å²) < 4.78 is 11.3. The molecule has 2 fully saturated rings. The lowest BCUT2D eigenvalue weighted by atomic mass is 10.2. The van der Waals surface area contributed by atoms with E-state index in [2.05, 4.69) is 36.5 Å². The van der Waals surface area contributed by atoms with Gasteiger partial charge in [-0.2, -0.15) is 15.2 Å². The van der Waals surface area contributed by atoms with Gasteiger partial charge in [0, 0.05) is 17.0 Å². The third-order valence-corrected chi connectivity index (χ3v) is 6.59. The lowest BCUT2D eigenvalue weighted by molar-refractivity contribution is 0.266. The molecule has 2 aliphatic rings. The molecule has 0 aromatic carbocycles. The summed E-state index contributed by atoms with van der Waals surface area (Å²) in [6.07, 6.45) is 3.60. The van der Waals surface area contributed by atoms with Gasteiger partial charge in [0.15, 0.2) is 11.4 Å². The van der Waals surface area contributed by atoms with E-state index in [1.54, 1.807) is 13.3 Å². The highest BCUT2D eigenvalue weighted by atomic mass is 32.1. The molecule has 5 rings (SSSR count). The molecule has 10 nitrogen and oxygen atoms in total. The van der Waals surface area contributed by atoms with Crippen LogP contribution in [0.25, 0.3) is 0 Å². The van der Waals surface area contributed by atoms with Crippen LogP contribution in [-0.4, -0.2) is 38.4 Å². The van der Waals surface area contributed by atoms with Crippen molar-refractivity contribution in [1.82, 2.24) is 25.1 Å². The van der Waals surface area contributed by atoms with Gasteiger partial charge < -0.3 is 20.5 Å². The summed E-state index contributed by atoms with van der Waals surface area (Å²) in [5.41, 5.74) is 7.21. The summed E-state index contributed by atoms with van der Waals surface area (Å²) in [5.74, 6) is 1.66. The molecule has 0 unspecified atom stereocenters. The highest BCUT2D eigenvalue weighted by molar-refractivity contribution is 7.11. The standard InChI is InChI=1S/C20H20N8O2S/c1-10-27-28-16(31-10)9-24-17-12(7-21)18(26-19(22)25-17)30-15-6-20(15)5-13(20)14-4-3-11(29-2)8-23-14/h3-4,8,13,15H,5-6,9H2,1-2H3,(H3,22,24,25,26)/t13-,15-,20+/m1/s1. The minimum atomic E-state index is -0.0264. The van der Waals surface area contributed by atoms with Crippen molar-refractivity contribution in [1.29, 1.82) is 5.26 Å². The molecular weight excluding hydrogens is 416 g/mol. The molecule has 0 saturated heterocycles. The van der Waals surface area contributed by atoms with Crippen LogP contribution in [0.1, 0.15) is 40.0 Å². The second-order valence-corrected chi connectivity index (χ2v) is 8.98. The zero-order valence-electron chi connectivity index (χ0n) is 17.0. The van der Waals surface area contributed by atoms with Gasteiger partial charge in [-0.15, -0.1) is 10.2 Å². The number of anilines is 2. The lowest BCUT2D eigenvalue weighted by Crippen LogP contribution is -2.11. The Morgan fingerprint density at radius 2 is 2.19 bits per heavy atom. The Labute approximate surface area is 182 Å². The molecule has 0 bridgehead atoms. The SMILES string of the molecule is COc1ccc([C@H]2C[C@]23C[C@H]3Oc2nc(N)nc(NCc3nnc(C)s3)c2C#N)nc1. The third-order valence-electron chi connectivity index (χ3n) is 5.75. The molecule has 3 heterocycles. The van der Waals surface area contributed by atoms with Crippen molar-refractivity contribution < 1.29 is 9.47 Å². The van der Waals surface area contributed by atoms with E-state index in [-0.39, 0.29) is 28.9 Å². The van der Waals surface area contributed by atoms with Crippen LogP contribution in [0.15, 0.2) is 18.3 Å². The number of ether oxygens (including phenoxy) is 2. The van der Waals surface area contributed by atoms with Crippen LogP contribution >= 0.6 is 11.3 Å². The van der Waals surface area contributed by atoms with Crippen molar-refractivity contribution in [3.63, 3.8) is 0 Å². The molecule has 158 valence electrons. The largest absolute Gasteiger partial charge is 0.495 e. The number of nitrogen functional groups attached to an aromatic ring is 1. The van der Waals surface area contributed by atoms with Gasteiger partial charge in [0.1, 0.15) is 27.9 Å². The number of hydrogen-bond acceptors (Lipinski definition) is 11. The van der Waals surface area contributed by atoms with Gasteiger partial charge in [-0.3, -0.25) is 4.98 Å². The maximum absolute atomic E-state index is 9.71. The van der Waals surface area contributed by atoms with Crippen LogP contribution in [0, 0.1) is 23.7 Å². The first-order chi connectivity index (χ1) is 15.0. The molecule has 3 aromatic heterocycles. The molecule has 2 saturated carbocycles. The lowest BCUT2D eigenvalue weighted by Gasteiger charge is -2.11. The highest BCUT2D eigenvalue weighted by Crippen LogP contribution is 2.75. The number of aryl methyl sites for hydroxylation is 1.